The minimum absolute atomic E-state index is 0.0654. The monoisotopic (exact) mass is 284 g/mol. The van der Waals surface area contributed by atoms with Gasteiger partial charge in [-0.3, -0.25) is 0 Å². The second-order valence-corrected chi connectivity index (χ2v) is 6.33. The first kappa shape index (κ1) is 14.9. The highest BCUT2D eigenvalue weighted by Crippen LogP contribution is 2.35. The quantitative estimate of drug-likeness (QED) is 0.779. The first-order chi connectivity index (χ1) is 9.11. The first-order valence-electron chi connectivity index (χ1n) is 6.87. The Morgan fingerprint density at radius 1 is 1.42 bits per heavy atom. The number of rotatable bonds is 7. The largest absolute Gasteiger partial charge is 0.383 e. The standard InChI is InChI=1S/C14H24N2O2S/c1-10(18-4)14(2,15-8-9-17-3)13-16-11-6-5-7-12(11)19-13/h10,15H,5-9H2,1-4H3. The highest BCUT2D eigenvalue weighted by atomic mass is 32.1. The van der Waals surface area contributed by atoms with Gasteiger partial charge >= 0.3 is 0 Å². The van der Waals surface area contributed by atoms with Crippen molar-refractivity contribution in [2.24, 2.45) is 0 Å². The van der Waals surface area contributed by atoms with Crippen molar-refractivity contribution in [2.75, 3.05) is 27.4 Å². The third kappa shape index (κ3) is 2.99. The van der Waals surface area contributed by atoms with Crippen molar-refractivity contribution in [3.05, 3.63) is 15.6 Å². The van der Waals surface area contributed by atoms with Gasteiger partial charge in [0.1, 0.15) is 5.01 Å². The molecule has 108 valence electrons. The van der Waals surface area contributed by atoms with E-state index >= 15 is 0 Å². The topological polar surface area (TPSA) is 43.4 Å². The smallest absolute Gasteiger partial charge is 0.116 e. The van der Waals surface area contributed by atoms with Gasteiger partial charge in [-0.25, -0.2) is 4.98 Å². The zero-order valence-electron chi connectivity index (χ0n) is 12.3. The minimum atomic E-state index is -0.248. The summed E-state index contributed by atoms with van der Waals surface area (Å²) >= 11 is 1.84. The van der Waals surface area contributed by atoms with Crippen molar-refractivity contribution in [1.29, 1.82) is 0 Å². The van der Waals surface area contributed by atoms with Crippen LogP contribution in [0.1, 0.15) is 35.8 Å². The Morgan fingerprint density at radius 3 is 2.84 bits per heavy atom. The molecule has 2 unspecified atom stereocenters. The van der Waals surface area contributed by atoms with E-state index in [-0.39, 0.29) is 11.6 Å². The molecule has 0 saturated carbocycles. The molecule has 2 rings (SSSR count). The molecule has 5 heteroatoms. The fraction of sp³-hybridized carbons (Fsp3) is 0.786. The van der Waals surface area contributed by atoms with Crippen LogP contribution < -0.4 is 5.32 Å². The van der Waals surface area contributed by atoms with E-state index in [4.69, 9.17) is 14.5 Å². The van der Waals surface area contributed by atoms with Crippen LogP contribution in [-0.4, -0.2) is 38.5 Å². The molecule has 0 bridgehead atoms. The maximum Gasteiger partial charge on any atom is 0.116 e. The second kappa shape index (κ2) is 6.31. The summed E-state index contributed by atoms with van der Waals surface area (Å²) in [5.41, 5.74) is 1.05. The van der Waals surface area contributed by atoms with Gasteiger partial charge in [0.05, 0.1) is 23.9 Å². The van der Waals surface area contributed by atoms with Crippen molar-refractivity contribution < 1.29 is 9.47 Å². The highest BCUT2D eigenvalue weighted by molar-refractivity contribution is 7.12. The van der Waals surface area contributed by atoms with Gasteiger partial charge in [-0.05, 0) is 33.1 Å². The Morgan fingerprint density at radius 2 is 2.21 bits per heavy atom. The number of ether oxygens (including phenoxy) is 2. The average Bonchev–Trinajstić information content (AvgIpc) is 2.98. The lowest BCUT2D eigenvalue weighted by Crippen LogP contribution is -2.50. The number of methoxy groups -OCH3 is 2. The highest BCUT2D eigenvalue weighted by Gasteiger charge is 2.37. The Labute approximate surface area is 119 Å². The van der Waals surface area contributed by atoms with Gasteiger partial charge in [-0.1, -0.05) is 0 Å². The number of aromatic nitrogens is 1. The molecule has 1 aromatic rings. The van der Waals surface area contributed by atoms with E-state index in [9.17, 15) is 0 Å². The zero-order chi connectivity index (χ0) is 13.9. The van der Waals surface area contributed by atoms with E-state index in [0.29, 0.717) is 6.61 Å². The fourth-order valence-electron chi connectivity index (χ4n) is 2.45. The van der Waals surface area contributed by atoms with Crippen molar-refractivity contribution >= 4 is 11.3 Å². The molecule has 0 amide bonds. The van der Waals surface area contributed by atoms with Gasteiger partial charge in [0.25, 0.3) is 0 Å². The molecule has 0 saturated heterocycles. The summed E-state index contributed by atoms with van der Waals surface area (Å²) in [5.74, 6) is 0. The minimum Gasteiger partial charge on any atom is -0.383 e. The number of aryl methyl sites for hydroxylation is 2. The van der Waals surface area contributed by atoms with Crippen LogP contribution in [0.3, 0.4) is 0 Å². The van der Waals surface area contributed by atoms with Gasteiger partial charge in [0, 0.05) is 25.6 Å². The van der Waals surface area contributed by atoms with Crippen LogP contribution in [0.5, 0.6) is 0 Å². The summed E-state index contributed by atoms with van der Waals surface area (Å²) < 4.78 is 10.7. The summed E-state index contributed by atoms with van der Waals surface area (Å²) in [6, 6.07) is 0. The Bertz CT molecular complexity index is 400. The van der Waals surface area contributed by atoms with E-state index in [1.54, 1.807) is 14.2 Å². The zero-order valence-corrected chi connectivity index (χ0v) is 13.1. The van der Waals surface area contributed by atoms with Gasteiger partial charge in [-0.15, -0.1) is 11.3 Å². The van der Waals surface area contributed by atoms with Crippen molar-refractivity contribution in [2.45, 2.75) is 44.8 Å². The molecule has 1 N–H and O–H groups in total. The number of fused-ring (bicyclic) bond motifs is 1. The second-order valence-electron chi connectivity index (χ2n) is 5.24. The van der Waals surface area contributed by atoms with Crippen LogP contribution in [0, 0.1) is 0 Å². The molecule has 0 fully saturated rings. The molecule has 4 nitrogen and oxygen atoms in total. The summed E-state index contributed by atoms with van der Waals surface area (Å²) in [4.78, 5) is 6.30. The molecule has 0 spiro atoms. The van der Waals surface area contributed by atoms with Crippen LogP contribution in [-0.2, 0) is 27.9 Å². The van der Waals surface area contributed by atoms with Crippen molar-refractivity contribution in [3.8, 4) is 0 Å². The van der Waals surface area contributed by atoms with E-state index in [0.717, 1.165) is 18.0 Å². The summed E-state index contributed by atoms with van der Waals surface area (Å²) in [6.07, 6.45) is 3.63. The lowest BCUT2D eigenvalue weighted by Gasteiger charge is -2.34. The maximum atomic E-state index is 5.56. The van der Waals surface area contributed by atoms with E-state index < -0.39 is 0 Å². The predicted molar refractivity (Wildman–Crippen MR) is 77.8 cm³/mol. The number of hydrogen-bond acceptors (Lipinski definition) is 5. The molecule has 19 heavy (non-hydrogen) atoms. The SMILES string of the molecule is COCCNC(C)(c1nc2c(s1)CCC2)C(C)OC. The van der Waals surface area contributed by atoms with Crippen LogP contribution in [0.15, 0.2) is 0 Å². The Hall–Kier alpha value is -0.490. The van der Waals surface area contributed by atoms with Crippen LogP contribution in [0.2, 0.25) is 0 Å². The Balaban J connectivity index is 2.20. The van der Waals surface area contributed by atoms with Crippen LogP contribution >= 0.6 is 11.3 Å². The molecule has 1 aromatic heterocycles. The number of nitrogens with one attached hydrogen (secondary N) is 1. The third-order valence-electron chi connectivity index (χ3n) is 4.00. The Kier molecular flexibility index (Phi) is 4.95. The third-order valence-corrected chi connectivity index (χ3v) is 5.40. The molecular weight excluding hydrogens is 260 g/mol. The fourth-order valence-corrected chi connectivity index (χ4v) is 3.81. The number of hydrogen-bond donors (Lipinski definition) is 1. The van der Waals surface area contributed by atoms with Gasteiger partial charge in [0.2, 0.25) is 0 Å². The molecule has 2 atom stereocenters. The van der Waals surface area contributed by atoms with Crippen molar-refractivity contribution in [3.63, 3.8) is 0 Å². The average molecular weight is 284 g/mol. The van der Waals surface area contributed by atoms with Crippen LogP contribution in [0.4, 0.5) is 0 Å². The van der Waals surface area contributed by atoms with Crippen LogP contribution in [0.25, 0.3) is 0 Å². The van der Waals surface area contributed by atoms with E-state index in [1.807, 2.05) is 11.3 Å². The number of nitrogens with zero attached hydrogens (tertiary/aromatic N) is 1. The van der Waals surface area contributed by atoms with E-state index in [2.05, 4.69) is 19.2 Å². The summed E-state index contributed by atoms with van der Waals surface area (Å²) in [6.45, 7) is 5.75. The molecule has 0 aromatic carbocycles. The van der Waals surface area contributed by atoms with Gasteiger partial charge < -0.3 is 14.8 Å². The molecule has 1 aliphatic carbocycles. The van der Waals surface area contributed by atoms with Gasteiger partial charge in [-0.2, -0.15) is 0 Å². The molecule has 1 heterocycles. The lowest BCUT2D eigenvalue weighted by molar-refractivity contribution is 0.0325. The molecule has 1 aliphatic rings. The van der Waals surface area contributed by atoms with E-state index in [1.165, 1.54) is 23.4 Å². The number of thiazole rings is 1. The molecular formula is C14H24N2O2S. The summed E-state index contributed by atoms with van der Waals surface area (Å²) in [7, 11) is 3.47. The van der Waals surface area contributed by atoms with Crippen molar-refractivity contribution in [1.82, 2.24) is 10.3 Å². The molecule has 0 radical (unpaired) electrons. The maximum absolute atomic E-state index is 5.56. The first-order valence-corrected chi connectivity index (χ1v) is 7.69. The normalized spacial score (nSPS) is 19.2. The molecule has 0 aliphatic heterocycles. The van der Waals surface area contributed by atoms with Gasteiger partial charge in [0.15, 0.2) is 0 Å². The lowest BCUT2D eigenvalue weighted by atomic mass is 9.96. The predicted octanol–water partition coefficient (Wildman–Crippen LogP) is 2.12. The summed E-state index contributed by atoms with van der Waals surface area (Å²) in [5, 5.41) is 4.69.